The van der Waals surface area contributed by atoms with Gasteiger partial charge in [-0.2, -0.15) is 4.98 Å². The topological polar surface area (TPSA) is 38.9 Å². The molecule has 0 spiro atoms. The maximum atomic E-state index is 6.10. The van der Waals surface area contributed by atoms with Crippen LogP contribution in [0.25, 0.3) is 22.8 Å². The van der Waals surface area contributed by atoms with Gasteiger partial charge in [-0.25, -0.2) is 0 Å². The third-order valence-electron chi connectivity index (χ3n) is 2.61. The van der Waals surface area contributed by atoms with E-state index in [2.05, 4.69) is 10.1 Å². The van der Waals surface area contributed by atoms with Gasteiger partial charge in [0.1, 0.15) is 0 Å². The highest BCUT2D eigenvalue weighted by Crippen LogP contribution is 2.28. The molecule has 1 heterocycles. The fourth-order valence-corrected chi connectivity index (χ4v) is 2.12. The summed E-state index contributed by atoms with van der Waals surface area (Å²) in [4.78, 5) is 4.33. The molecule has 0 aliphatic rings. The summed E-state index contributed by atoms with van der Waals surface area (Å²) < 4.78 is 5.24. The Morgan fingerprint density at radius 1 is 0.947 bits per heavy atom. The minimum atomic E-state index is 0.414. The van der Waals surface area contributed by atoms with Crippen LogP contribution in [0.15, 0.2) is 53.1 Å². The first kappa shape index (κ1) is 12.2. The van der Waals surface area contributed by atoms with Crippen LogP contribution in [-0.4, -0.2) is 10.1 Å². The van der Waals surface area contributed by atoms with E-state index >= 15 is 0 Å². The van der Waals surface area contributed by atoms with Gasteiger partial charge in [-0.15, -0.1) is 0 Å². The SMILES string of the molecule is Clc1cccc(-c2nc(-c3ccccc3Cl)no2)c1. The Bertz CT molecular complexity index is 725. The van der Waals surface area contributed by atoms with Gasteiger partial charge in [0.25, 0.3) is 5.89 Å². The zero-order valence-corrected chi connectivity index (χ0v) is 11.2. The highest BCUT2D eigenvalue weighted by atomic mass is 35.5. The predicted molar refractivity (Wildman–Crippen MR) is 75.2 cm³/mol. The summed E-state index contributed by atoms with van der Waals surface area (Å²) in [5.74, 6) is 0.873. The number of halogens is 2. The van der Waals surface area contributed by atoms with Gasteiger partial charge < -0.3 is 4.52 Å². The Morgan fingerprint density at radius 2 is 1.79 bits per heavy atom. The Morgan fingerprint density at radius 3 is 2.58 bits per heavy atom. The lowest BCUT2D eigenvalue weighted by atomic mass is 10.2. The molecule has 0 saturated heterocycles. The van der Waals surface area contributed by atoms with Crippen LogP contribution in [0.5, 0.6) is 0 Å². The summed E-state index contributed by atoms with van der Waals surface area (Å²) >= 11 is 12.0. The molecule has 0 aliphatic carbocycles. The average molecular weight is 291 g/mol. The third-order valence-corrected chi connectivity index (χ3v) is 3.18. The van der Waals surface area contributed by atoms with Gasteiger partial charge in [0.05, 0.1) is 5.02 Å². The third kappa shape index (κ3) is 2.48. The van der Waals surface area contributed by atoms with Crippen molar-refractivity contribution in [2.24, 2.45) is 0 Å². The Balaban J connectivity index is 2.03. The molecule has 0 bridgehead atoms. The van der Waals surface area contributed by atoms with Crippen LogP contribution in [0, 0.1) is 0 Å². The van der Waals surface area contributed by atoms with Gasteiger partial charge in [0.2, 0.25) is 5.82 Å². The molecule has 3 aromatic rings. The summed E-state index contributed by atoms with van der Waals surface area (Å²) in [6.45, 7) is 0. The van der Waals surface area contributed by atoms with Crippen molar-refractivity contribution in [3.8, 4) is 22.8 Å². The fraction of sp³-hybridized carbons (Fsp3) is 0. The zero-order chi connectivity index (χ0) is 13.2. The van der Waals surface area contributed by atoms with Crippen LogP contribution in [-0.2, 0) is 0 Å². The number of rotatable bonds is 2. The number of benzene rings is 2. The lowest BCUT2D eigenvalue weighted by Crippen LogP contribution is -1.82. The number of nitrogens with zero attached hydrogens (tertiary/aromatic N) is 2. The molecule has 0 aliphatic heterocycles. The normalized spacial score (nSPS) is 10.6. The van der Waals surface area contributed by atoms with Crippen LogP contribution in [0.3, 0.4) is 0 Å². The van der Waals surface area contributed by atoms with E-state index in [1.54, 1.807) is 18.2 Å². The molecule has 0 N–H and O–H groups in total. The van der Waals surface area contributed by atoms with Gasteiger partial charge in [0, 0.05) is 16.1 Å². The lowest BCUT2D eigenvalue weighted by Gasteiger charge is -1.96. The average Bonchev–Trinajstić information content (AvgIpc) is 2.89. The van der Waals surface area contributed by atoms with Crippen molar-refractivity contribution >= 4 is 23.2 Å². The maximum Gasteiger partial charge on any atom is 0.258 e. The Hall–Kier alpha value is -1.84. The summed E-state index contributed by atoms with van der Waals surface area (Å²) in [6, 6.07) is 14.6. The van der Waals surface area contributed by atoms with Crippen molar-refractivity contribution in [3.63, 3.8) is 0 Å². The van der Waals surface area contributed by atoms with E-state index in [4.69, 9.17) is 27.7 Å². The zero-order valence-electron chi connectivity index (χ0n) is 9.68. The molecular weight excluding hydrogens is 283 g/mol. The van der Waals surface area contributed by atoms with Gasteiger partial charge in [-0.3, -0.25) is 0 Å². The van der Waals surface area contributed by atoms with Crippen LogP contribution in [0.2, 0.25) is 10.0 Å². The molecule has 0 unspecified atom stereocenters. The molecule has 19 heavy (non-hydrogen) atoms. The second-order valence-electron chi connectivity index (χ2n) is 3.91. The fourth-order valence-electron chi connectivity index (χ4n) is 1.71. The molecule has 0 radical (unpaired) electrons. The summed E-state index contributed by atoms with van der Waals surface area (Å²) in [5.41, 5.74) is 1.51. The van der Waals surface area contributed by atoms with Crippen LogP contribution in [0.1, 0.15) is 0 Å². The number of hydrogen-bond donors (Lipinski definition) is 0. The van der Waals surface area contributed by atoms with Crippen molar-refractivity contribution in [1.29, 1.82) is 0 Å². The second-order valence-corrected chi connectivity index (χ2v) is 4.76. The first-order chi connectivity index (χ1) is 9.24. The predicted octanol–water partition coefficient (Wildman–Crippen LogP) is 4.71. The van der Waals surface area contributed by atoms with Gasteiger partial charge in [-0.1, -0.05) is 46.6 Å². The monoisotopic (exact) mass is 290 g/mol. The smallest absolute Gasteiger partial charge is 0.258 e. The lowest BCUT2D eigenvalue weighted by molar-refractivity contribution is 0.432. The molecule has 0 amide bonds. The van der Waals surface area contributed by atoms with Gasteiger partial charge >= 0.3 is 0 Å². The minimum Gasteiger partial charge on any atom is -0.334 e. The van der Waals surface area contributed by atoms with Crippen molar-refractivity contribution in [3.05, 3.63) is 58.6 Å². The molecule has 0 atom stereocenters. The summed E-state index contributed by atoms with van der Waals surface area (Å²) in [7, 11) is 0. The van der Waals surface area contributed by atoms with Crippen LogP contribution >= 0.6 is 23.2 Å². The largest absolute Gasteiger partial charge is 0.334 e. The van der Waals surface area contributed by atoms with E-state index in [0.717, 1.165) is 11.1 Å². The first-order valence-electron chi connectivity index (χ1n) is 5.58. The number of aromatic nitrogens is 2. The first-order valence-corrected chi connectivity index (χ1v) is 6.34. The second kappa shape index (κ2) is 5.03. The van der Waals surface area contributed by atoms with E-state index in [1.807, 2.05) is 30.3 Å². The van der Waals surface area contributed by atoms with E-state index < -0.39 is 0 Å². The molecule has 0 saturated carbocycles. The van der Waals surface area contributed by atoms with Gasteiger partial charge in [0.15, 0.2) is 0 Å². The van der Waals surface area contributed by atoms with E-state index in [9.17, 15) is 0 Å². The summed E-state index contributed by atoms with van der Waals surface area (Å²) in [6.07, 6.45) is 0. The standard InChI is InChI=1S/C14H8Cl2N2O/c15-10-5-3-4-9(8-10)14-17-13(18-19-14)11-6-1-2-7-12(11)16/h1-8H. The van der Waals surface area contributed by atoms with E-state index in [-0.39, 0.29) is 0 Å². The maximum absolute atomic E-state index is 6.10. The molecule has 94 valence electrons. The van der Waals surface area contributed by atoms with Crippen LogP contribution < -0.4 is 0 Å². The van der Waals surface area contributed by atoms with Crippen molar-refractivity contribution in [1.82, 2.24) is 10.1 Å². The van der Waals surface area contributed by atoms with E-state index in [0.29, 0.717) is 21.8 Å². The van der Waals surface area contributed by atoms with Gasteiger partial charge in [-0.05, 0) is 30.3 Å². The highest BCUT2D eigenvalue weighted by molar-refractivity contribution is 6.33. The Kier molecular flexibility index (Phi) is 3.23. The molecule has 3 nitrogen and oxygen atoms in total. The van der Waals surface area contributed by atoms with Crippen LogP contribution in [0.4, 0.5) is 0 Å². The molecule has 0 fully saturated rings. The molecule has 1 aromatic heterocycles. The summed E-state index contributed by atoms with van der Waals surface area (Å²) in [5, 5.41) is 5.14. The quantitative estimate of drug-likeness (QED) is 0.686. The number of hydrogen-bond acceptors (Lipinski definition) is 3. The minimum absolute atomic E-state index is 0.414. The van der Waals surface area contributed by atoms with Crippen molar-refractivity contribution in [2.45, 2.75) is 0 Å². The Labute approximate surface area is 119 Å². The van der Waals surface area contributed by atoms with Crippen molar-refractivity contribution < 1.29 is 4.52 Å². The molecule has 3 rings (SSSR count). The highest BCUT2D eigenvalue weighted by Gasteiger charge is 2.12. The van der Waals surface area contributed by atoms with Crippen molar-refractivity contribution in [2.75, 3.05) is 0 Å². The molecule has 5 heteroatoms. The molecular formula is C14H8Cl2N2O. The molecule has 2 aromatic carbocycles. The van der Waals surface area contributed by atoms with E-state index in [1.165, 1.54) is 0 Å².